The van der Waals surface area contributed by atoms with Crippen molar-refractivity contribution >= 4 is 27.5 Å². The molecule has 1 heterocycles. The van der Waals surface area contributed by atoms with E-state index in [-0.39, 0.29) is 27.3 Å². The topological polar surface area (TPSA) is 66.5 Å². The van der Waals surface area contributed by atoms with Crippen molar-refractivity contribution in [1.82, 2.24) is 9.62 Å². The SMILES string of the molecule is CC1CCN(S(=O)(=O)c2ccc(Cl)c(C(=O)NCC(C)c3ccccc3)c2)CC1. The molecule has 0 aromatic heterocycles. The molecule has 1 unspecified atom stereocenters. The lowest BCUT2D eigenvalue weighted by atomic mass is 10.0. The van der Waals surface area contributed by atoms with Crippen LogP contribution in [0.25, 0.3) is 0 Å². The Morgan fingerprint density at radius 3 is 2.48 bits per heavy atom. The van der Waals surface area contributed by atoms with Gasteiger partial charge in [0.25, 0.3) is 5.91 Å². The fourth-order valence-corrected chi connectivity index (χ4v) is 5.15. The fourth-order valence-electron chi connectivity index (χ4n) is 3.45. The predicted octanol–water partition coefficient (Wildman–Crippen LogP) is 4.29. The van der Waals surface area contributed by atoms with Crippen LogP contribution in [-0.4, -0.2) is 38.3 Å². The molecule has 1 aliphatic rings. The van der Waals surface area contributed by atoms with Gasteiger partial charge in [0.05, 0.1) is 15.5 Å². The fraction of sp³-hybridized carbons (Fsp3) is 0.409. The van der Waals surface area contributed by atoms with E-state index in [2.05, 4.69) is 12.2 Å². The summed E-state index contributed by atoms with van der Waals surface area (Å²) in [5.41, 5.74) is 1.30. The molecule has 0 spiro atoms. The van der Waals surface area contributed by atoms with Gasteiger partial charge in [-0.1, -0.05) is 55.8 Å². The molecule has 1 atom stereocenters. The first-order valence-electron chi connectivity index (χ1n) is 9.92. The average Bonchev–Trinajstić information content (AvgIpc) is 2.73. The van der Waals surface area contributed by atoms with E-state index < -0.39 is 10.0 Å². The van der Waals surface area contributed by atoms with Crippen LogP contribution in [0.1, 0.15) is 48.5 Å². The minimum atomic E-state index is -3.64. The van der Waals surface area contributed by atoms with Gasteiger partial charge in [0, 0.05) is 19.6 Å². The maximum Gasteiger partial charge on any atom is 0.252 e. The van der Waals surface area contributed by atoms with E-state index in [1.165, 1.54) is 22.5 Å². The summed E-state index contributed by atoms with van der Waals surface area (Å²) >= 11 is 6.21. The van der Waals surface area contributed by atoms with E-state index >= 15 is 0 Å². The number of hydrogen-bond donors (Lipinski definition) is 1. The molecular weight excluding hydrogens is 408 g/mol. The molecule has 3 rings (SSSR count). The lowest BCUT2D eigenvalue weighted by Crippen LogP contribution is -2.38. The van der Waals surface area contributed by atoms with Crippen LogP contribution in [0.5, 0.6) is 0 Å². The Balaban J connectivity index is 1.73. The van der Waals surface area contributed by atoms with Crippen molar-refractivity contribution in [1.29, 1.82) is 0 Å². The Hall–Kier alpha value is -1.89. The van der Waals surface area contributed by atoms with Gasteiger partial charge in [0.1, 0.15) is 0 Å². The second-order valence-corrected chi connectivity index (χ2v) is 10.1. The van der Waals surface area contributed by atoms with Crippen LogP contribution >= 0.6 is 11.6 Å². The molecule has 5 nitrogen and oxygen atoms in total. The summed E-state index contributed by atoms with van der Waals surface area (Å²) in [4.78, 5) is 12.8. The number of carbonyl (C=O) groups is 1. The molecule has 7 heteroatoms. The molecule has 1 saturated heterocycles. The van der Waals surface area contributed by atoms with Crippen molar-refractivity contribution in [2.75, 3.05) is 19.6 Å². The van der Waals surface area contributed by atoms with Gasteiger partial charge < -0.3 is 5.32 Å². The van der Waals surface area contributed by atoms with Crippen LogP contribution in [0.2, 0.25) is 5.02 Å². The number of halogens is 1. The summed E-state index contributed by atoms with van der Waals surface area (Å²) in [6.07, 6.45) is 1.69. The molecule has 156 valence electrons. The number of carbonyl (C=O) groups excluding carboxylic acids is 1. The third kappa shape index (κ3) is 5.18. The van der Waals surface area contributed by atoms with Gasteiger partial charge in [0.15, 0.2) is 0 Å². The van der Waals surface area contributed by atoms with Crippen molar-refractivity contribution in [3.05, 3.63) is 64.7 Å². The molecule has 1 fully saturated rings. The lowest BCUT2D eigenvalue weighted by molar-refractivity contribution is 0.0951. The summed E-state index contributed by atoms with van der Waals surface area (Å²) < 4.78 is 27.5. The number of piperidine rings is 1. The minimum absolute atomic E-state index is 0.109. The number of benzene rings is 2. The van der Waals surface area contributed by atoms with Gasteiger partial charge in [0.2, 0.25) is 10.0 Å². The Kier molecular flexibility index (Phi) is 6.98. The Morgan fingerprint density at radius 2 is 1.83 bits per heavy atom. The van der Waals surface area contributed by atoms with Gasteiger partial charge in [-0.2, -0.15) is 4.31 Å². The molecule has 1 amide bonds. The number of amides is 1. The largest absolute Gasteiger partial charge is 0.351 e. The molecule has 1 aliphatic heterocycles. The molecular formula is C22H27ClN2O3S. The van der Waals surface area contributed by atoms with Crippen molar-refractivity contribution in [2.24, 2.45) is 5.92 Å². The van der Waals surface area contributed by atoms with E-state index in [0.717, 1.165) is 18.4 Å². The first-order valence-corrected chi connectivity index (χ1v) is 11.7. The van der Waals surface area contributed by atoms with Crippen LogP contribution in [-0.2, 0) is 10.0 Å². The monoisotopic (exact) mass is 434 g/mol. The maximum atomic E-state index is 13.0. The highest BCUT2D eigenvalue weighted by atomic mass is 35.5. The number of sulfonamides is 1. The summed E-state index contributed by atoms with van der Waals surface area (Å²) in [5.74, 6) is 0.280. The number of hydrogen-bond acceptors (Lipinski definition) is 3. The van der Waals surface area contributed by atoms with Crippen LogP contribution in [0.4, 0.5) is 0 Å². The summed E-state index contributed by atoms with van der Waals surface area (Å²) in [6.45, 7) is 5.59. The normalized spacial score (nSPS) is 17.1. The van der Waals surface area contributed by atoms with Crippen molar-refractivity contribution < 1.29 is 13.2 Å². The molecule has 0 saturated carbocycles. The van der Waals surface area contributed by atoms with Gasteiger partial charge in [-0.3, -0.25) is 4.79 Å². The van der Waals surface area contributed by atoms with E-state index in [9.17, 15) is 13.2 Å². The van der Waals surface area contributed by atoms with E-state index in [1.54, 1.807) is 0 Å². The Bertz CT molecular complexity index is 955. The second kappa shape index (κ2) is 9.28. The Labute approximate surface area is 178 Å². The zero-order valence-corrected chi connectivity index (χ0v) is 18.3. The first-order chi connectivity index (χ1) is 13.8. The highest BCUT2D eigenvalue weighted by molar-refractivity contribution is 7.89. The Morgan fingerprint density at radius 1 is 1.17 bits per heavy atom. The first kappa shape index (κ1) is 21.8. The van der Waals surface area contributed by atoms with Gasteiger partial charge in [-0.15, -0.1) is 0 Å². The van der Waals surface area contributed by atoms with Crippen LogP contribution in [0, 0.1) is 5.92 Å². The van der Waals surface area contributed by atoms with E-state index in [1.807, 2.05) is 37.3 Å². The van der Waals surface area contributed by atoms with Crippen molar-refractivity contribution in [2.45, 2.75) is 37.5 Å². The summed E-state index contributed by atoms with van der Waals surface area (Å²) in [6, 6.07) is 14.2. The molecule has 29 heavy (non-hydrogen) atoms. The number of nitrogens with zero attached hydrogens (tertiary/aromatic N) is 1. The molecule has 1 N–H and O–H groups in total. The molecule has 0 radical (unpaired) electrons. The second-order valence-electron chi connectivity index (χ2n) is 7.75. The third-order valence-corrected chi connectivity index (χ3v) is 7.72. The van der Waals surface area contributed by atoms with Crippen molar-refractivity contribution in [3.63, 3.8) is 0 Å². The highest BCUT2D eigenvalue weighted by Crippen LogP contribution is 2.26. The number of rotatable bonds is 6. The average molecular weight is 435 g/mol. The predicted molar refractivity (Wildman–Crippen MR) is 116 cm³/mol. The molecule has 2 aromatic carbocycles. The lowest BCUT2D eigenvalue weighted by Gasteiger charge is -2.29. The van der Waals surface area contributed by atoms with Crippen LogP contribution < -0.4 is 5.32 Å². The van der Waals surface area contributed by atoms with E-state index in [4.69, 9.17) is 11.6 Å². The zero-order chi connectivity index (χ0) is 21.0. The van der Waals surface area contributed by atoms with Gasteiger partial charge >= 0.3 is 0 Å². The van der Waals surface area contributed by atoms with Crippen LogP contribution in [0.3, 0.4) is 0 Å². The third-order valence-electron chi connectivity index (χ3n) is 5.50. The van der Waals surface area contributed by atoms with E-state index in [0.29, 0.717) is 25.6 Å². The highest BCUT2D eigenvalue weighted by Gasteiger charge is 2.29. The molecule has 2 aromatic rings. The minimum Gasteiger partial charge on any atom is -0.351 e. The summed E-state index contributed by atoms with van der Waals surface area (Å²) in [7, 11) is -3.64. The smallest absolute Gasteiger partial charge is 0.252 e. The standard InChI is InChI=1S/C22H27ClN2O3S/c1-16-10-12-25(13-11-16)29(27,28)19-8-9-21(23)20(14-19)22(26)24-15-17(2)18-6-4-3-5-7-18/h3-9,14,16-17H,10-13,15H2,1-2H3,(H,24,26). The van der Waals surface area contributed by atoms with Gasteiger partial charge in [-0.05, 0) is 48.4 Å². The van der Waals surface area contributed by atoms with Crippen LogP contribution in [0.15, 0.2) is 53.4 Å². The van der Waals surface area contributed by atoms with Crippen molar-refractivity contribution in [3.8, 4) is 0 Å². The molecule has 0 aliphatic carbocycles. The summed E-state index contributed by atoms with van der Waals surface area (Å²) in [5, 5.41) is 3.11. The number of nitrogens with one attached hydrogen (secondary N) is 1. The molecule has 0 bridgehead atoms. The maximum absolute atomic E-state index is 13.0. The zero-order valence-electron chi connectivity index (χ0n) is 16.8. The van der Waals surface area contributed by atoms with Gasteiger partial charge in [-0.25, -0.2) is 8.42 Å². The quantitative estimate of drug-likeness (QED) is 0.737.